The maximum Gasteiger partial charge on any atom is 0.243 e. The number of rotatable bonds is 8. The molecule has 3 aromatic rings. The second-order valence-corrected chi connectivity index (χ2v) is 13.0. The first-order valence-corrected chi connectivity index (χ1v) is 15.1. The molecule has 0 radical (unpaired) electrons. The molecule has 1 aliphatic heterocycles. The van der Waals surface area contributed by atoms with Crippen LogP contribution in [0.25, 0.3) is 0 Å². The molecule has 202 valence electrons. The molecule has 1 saturated heterocycles. The Kier molecular flexibility index (Phi) is 8.22. The topological polar surface area (TPSA) is 122 Å². The second kappa shape index (κ2) is 11.2. The van der Waals surface area contributed by atoms with E-state index in [-0.39, 0.29) is 21.2 Å². The molecule has 2 N–H and O–H groups in total. The van der Waals surface area contributed by atoms with Crippen LogP contribution in [0.15, 0.2) is 75.4 Å². The lowest BCUT2D eigenvalue weighted by Gasteiger charge is -2.26. The van der Waals surface area contributed by atoms with Crippen LogP contribution in [0.3, 0.4) is 0 Å². The Bertz CT molecular complexity index is 1530. The average Bonchev–Trinajstić information content (AvgIpc) is 2.88. The van der Waals surface area contributed by atoms with Gasteiger partial charge in [-0.15, -0.1) is 0 Å². The van der Waals surface area contributed by atoms with Crippen LogP contribution in [-0.2, 0) is 29.4 Å². The van der Waals surface area contributed by atoms with E-state index in [1.165, 1.54) is 28.6 Å². The van der Waals surface area contributed by atoms with Gasteiger partial charge < -0.3 is 15.4 Å². The van der Waals surface area contributed by atoms with Crippen molar-refractivity contribution in [3.63, 3.8) is 0 Å². The standard InChI is InChI=1S/C27H31N3O6S2/c1-19-4-8-23(9-5-19)37(32,33)27-21(3)16-20(2)17-25(27)28-18-26(31)29-22-6-10-24(11-7-22)38(34,35)30-12-14-36-15-13-30/h4-11,16-17,28H,12-15,18H2,1-3H3,(H,29,31). The van der Waals surface area contributed by atoms with Crippen LogP contribution in [0.5, 0.6) is 0 Å². The highest BCUT2D eigenvalue weighted by Crippen LogP contribution is 2.32. The molecule has 4 rings (SSSR count). The number of hydrogen-bond acceptors (Lipinski definition) is 7. The van der Waals surface area contributed by atoms with Gasteiger partial charge in [0.15, 0.2) is 0 Å². The number of sulfonamides is 1. The Morgan fingerprint density at radius 3 is 2.08 bits per heavy atom. The fourth-order valence-electron chi connectivity index (χ4n) is 4.30. The van der Waals surface area contributed by atoms with Crippen molar-refractivity contribution < 1.29 is 26.4 Å². The van der Waals surface area contributed by atoms with Crippen LogP contribution in [-0.4, -0.2) is 59.9 Å². The third-order valence-electron chi connectivity index (χ3n) is 6.20. The molecular weight excluding hydrogens is 526 g/mol. The first kappa shape index (κ1) is 27.8. The molecule has 3 aromatic carbocycles. The van der Waals surface area contributed by atoms with E-state index < -0.39 is 25.8 Å². The minimum absolute atomic E-state index is 0.123. The molecular formula is C27H31N3O6S2. The van der Waals surface area contributed by atoms with E-state index in [9.17, 15) is 21.6 Å². The van der Waals surface area contributed by atoms with Crippen molar-refractivity contribution in [2.45, 2.75) is 35.5 Å². The van der Waals surface area contributed by atoms with Gasteiger partial charge in [0.05, 0.1) is 40.1 Å². The monoisotopic (exact) mass is 557 g/mol. The lowest BCUT2D eigenvalue weighted by molar-refractivity contribution is -0.114. The Balaban J connectivity index is 1.47. The molecule has 0 bridgehead atoms. The van der Waals surface area contributed by atoms with E-state index in [0.717, 1.165) is 11.1 Å². The predicted octanol–water partition coefficient (Wildman–Crippen LogP) is 3.52. The summed E-state index contributed by atoms with van der Waals surface area (Å²) in [5, 5.41) is 5.69. The minimum atomic E-state index is -3.83. The number of morpholine rings is 1. The molecule has 0 aliphatic carbocycles. The number of hydrogen-bond donors (Lipinski definition) is 2. The summed E-state index contributed by atoms with van der Waals surface area (Å²) in [6.07, 6.45) is 0. The van der Waals surface area contributed by atoms with Crippen molar-refractivity contribution in [2.24, 2.45) is 0 Å². The van der Waals surface area contributed by atoms with Crippen LogP contribution < -0.4 is 10.6 Å². The molecule has 9 nitrogen and oxygen atoms in total. The molecule has 0 atom stereocenters. The van der Waals surface area contributed by atoms with Crippen molar-refractivity contribution in [1.29, 1.82) is 0 Å². The number of nitrogens with one attached hydrogen (secondary N) is 2. The van der Waals surface area contributed by atoms with Crippen molar-refractivity contribution in [3.8, 4) is 0 Å². The smallest absolute Gasteiger partial charge is 0.243 e. The fraction of sp³-hybridized carbons (Fsp3) is 0.296. The summed E-state index contributed by atoms with van der Waals surface area (Å²) in [6.45, 7) is 6.59. The molecule has 0 unspecified atom stereocenters. The third-order valence-corrected chi connectivity index (χ3v) is 10.1. The number of benzene rings is 3. The average molecular weight is 558 g/mol. The van der Waals surface area contributed by atoms with Crippen molar-refractivity contribution in [2.75, 3.05) is 43.5 Å². The first-order valence-electron chi connectivity index (χ1n) is 12.1. The predicted molar refractivity (Wildman–Crippen MR) is 146 cm³/mol. The number of sulfone groups is 1. The van der Waals surface area contributed by atoms with Gasteiger partial charge in [0, 0.05) is 18.8 Å². The van der Waals surface area contributed by atoms with Gasteiger partial charge in [0.2, 0.25) is 25.8 Å². The SMILES string of the molecule is Cc1ccc(S(=O)(=O)c2c(C)cc(C)cc2NCC(=O)Nc2ccc(S(=O)(=O)N3CCOCC3)cc2)cc1. The van der Waals surface area contributed by atoms with Gasteiger partial charge in [-0.25, -0.2) is 16.8 Å². The highest BCUT2D eigenvalue weighted by Gasteiger charge is 2.27. The van der Waals surface area contributed by atoms with Crippen molar-refractivity contribution in [3.05, 3.63) is 77.4 Å². The molecule has 38 heavy (non-hydrogen) atoms. The van der Waals surface area contributed by atoms with Gasteiger partial charge in [0.1, 0.15) is 0 Å². The van der Waals surface area contributed by atoms with Gasteiger partial charge >= 0.3 is 0 Å². The van der Waals surface area contributed by atoms with E-state index in [0.29, 0.717) is 43.2 Å². The van der Waals surface area contributed by atoms with Gasteiger partial charge in [-0.05, 0) is 74.4 Å². The van der Waals surface area contributed by atoms with E-state index in [4.69, 9.17) is 4.74 Å². The van der Waals surface area contributed by atoms with Crippen LogP contribution in [0.4, 0.5) is 11.4 Å². The van der Waals surface area contributed by atoms with Crippen molar-refractivity contribution in [1.82, 2.24) is 4.31 Å². The summed E-state index contributed by atoms with van der Waals surface area (Å²) in [4.78, 5) is 13.1. The van der Waals surface area contributed by atoms with Crippen LogP contribution in [0.2, 0.25) is 0 Å². The van der Waals surface area contributed by atoms with E-state index in [1.54, 1.807) is 43.3 Å². The molecule has 0 spiro atoms. The van der Waals surface area contributed by atoms with Gasteiger partial charge in [0.25, 0.3) is 0 Å². The zero-order valence-electron chi connectivity index (χ0n) is 21.5. The van der Waals surface area contributed by atoms with Gasteiger partial charge in [-0.3, -0.25) is 4.79 Å². The van der Waals surface area contributed by atoms with E-state index in [2.05, 4.69) is 10.6 Å². The number of ether oxygens (including phenoxy) is 1. The van der Waals surface area contributed by atoms with E-state index in [1.807, 2.05) is 13.8 Å². The maximum atomic E-state index is 13.5. The molecule has 0 saturated carbocycles. The van der Waals surface area contributed by atoms with Crippen LogP contribution in [0.1, 0.15) is 16.7 Å². The number of carbonyl (C=O) groups is 1. The number of amides is 1. The lowest BCUT2D eigenvalue weighted by Crippen LogP contribution is -2.40. The number of nitrogens with zero attached hydrogens (tertiary/aromatic N) is 1. The van der Waals surface area contributed by atoms with Crippen LogP contribution >= 0.6 is 0 Å². The summed E-state index contributed by atoms with van der Waals surface area (Å²) in [7, 11) is -7.47. The Morgan fingerprint density at radius 1 is 0.842 bits per heavy atom. The fourth-order valence-corrected chi connectivity index (χ4v) is 7.35. The van der Waals surface area contributed by atoms with E-state index >= 15 is 0 Å². The summed E-state index contributed by atoms with van der Waals surface area (Å²) >= 11 is 0. The zero-order chi connectivity index (χ0) is 27.5. The van der Waals surface area contributed by atoms with Gasteiger partial charge in [-0.1, -0.05) is 23.8 Å². The molecule has 1 fully saturated rings. The lowest BCUT2D eigenvalue weighted by atomic mass is 10.1. The highest BCUT2D eigenvalue weighted by molar-refractivity contribution is 7.91. The number of anilines is 2. The first-order chi connectivity index (χ1) is 18.0. The minimum Gasteiger partial charge on any atom is -0.379 e. The molecule has 1 heterocycles. The second-order valence-electron chi connectivity index (χ2n) is 9.22. The number of carbonyl (C=O) groups excluding carboxylic acids is 1. The quantitative estimate of drug-likeness (QED) is 0.435. The Hall–Kier alpha value is -3.25. The molecule has 1 amide bonds. The zero-order valence-corrected chi connectivity index (χ0v) is 23.2. The van der Waals surface area contributed by atoms with Crippen molar-refractivity contribution >= 4 is 37.1 Å². The maximum absolute atomic E-state index is 13.5. The number of aryl methyl sites for hydroxylation is 3. The summed E-state index contributed by atoms with van der Waals surface area (Å²) < 4.78 is 59.1. The Morgan fingerprint density at radius 2 is 1.45 bits per heavy atom. The van der Waals surface area contributed by atoms with Crippen LogP contribution in [0, 0.1) is 20.8 Å². The molecule has 1 aliphatic rings. The molecule has 0 aromatic heterocycles. The Labute approximate surface area is 223 Å². The largest absolute Gasteiger partial charge is 0.379 e. The van der Waals surface area contributed by atoms with Gasteiger partial charge in [-0.2, -0.15) is 4.31 Å². The summed E-state index contributed by atoms with van der Waals surface area (Å²) in [5.74, 6) is -0.411. The summed E-state index contributed by atoms with van der Waals surface area (Å²) in [6, 6.07) is 16.1. The normalized spacial score (nSPS) is 14.7. The highest BCUT2D eigenvalue weighted by atomic mass is 32.2. The third kappa shape index (κ3) is 6.07. The molecule has 11 heteroatoms. The summed E-state index contributed by atoms with van der Waals surface area (Å²) in [5.41, 5.74) is 3.14.